The van der Waals surface area contributed by atoms with Gasteiger partial charge in [-0.3, -0.25) is 0 Å². The van der Waals surface area contributed by atoms with Crippen molar-refractivity contribution in [1.82, 2.24) is 20.1 Å². The first-order valence-electron chi connectivity index (χ1n) is 7.02. The third kappa shape index (κ3) is 2.86. The summed E-state index contributed by atoms with van der Waals surface area (Å²) < 4.78 is 1.89. The van der Waals surface area contributed by atoms with Crippen LogP contribution < -0.4 is 5.32 Å². The lowest BCUT2D eigenvalue weighted by atomic mass is 10.1. The van der Waals surface area contributed by atoms with Crippen molar-refractivity contribution in [3.05, 3.63) is 40.4 Å². The highest BCUT2D eigenvalue weighted by atomic mass is 35.5. The van der Waals surface area contributed by atoms with Crippen molar-refractivity contribution < 1.29 is 0 Å². The van der Waals surface area contributed by atoms with E-state index in [1.807, 2.05) is 29.9 Å². The van der Waals surface area contributed by atoms with Crippen molar-refractivity contribution >= 4 is 11.6 Å². The van der Waals surface area contributed by atoms with Gasteiger partial charge >= 0.3 is 0 Å². The Hall–Kier alpha value is -1.39. The van der Waals surface area contributed by atoms with Crippen LogP contribution in [-0.4, -0.2) is 21.8 Å². The van der Waals surface area contributed by atoms with Gasteiger partial charge in [0.05, 0.1) is 5.69 Å². The quantitative estimate of drug-likeness (QED) is 0.919. The molecule has 4 nitrogen and oxygen atoms in total. The van der Waals surface area contributed by atoms with Crippen molar-refractivity contribution in [1.29, 1.82) is 0 Å². The first-order chi connectivity index (χ1) is 9.60. The number of aryl methyl sites for hydroxylation is 2. The van der Waals surface area contributed by atoms with E-state index in [0.717, 1.165) is 40.8 Å². The maximum atomic E-state index is 6.39. The van der Waals surface area contributed by atoms with Crippen LogP contribution in [-0.2, 0) is 12.8 Å². The normalized spacial score (nSPS) is 12.7. The number of rotatable bonds is 5. The molecule has 0 fully saturated rings. The maximum absolute atomic E-state index is 6.39. The Morgan fingerprint density at radius 2 is 2.05 bits per heavy atom. The molecule has 0 aliphatic rings. The number of benzene rings is 1. The number of hydrogen-bond acceptors (Lipinski definition) is 3. The molecule has 1 N–H and O–H groups in total. The van der Waals surface area contributed by atoms with E-state index < -0.39 is 0 Å². The van der Waals surface area contributed by atoms with Crippen molar-refractivity contribution in [3.63, 3.8) is 0 Å². The van der Waals surface area contributed by atoms with Crippen LogP contribution in [0.4, 0.5) is 0 Å². The second-order valence-corrected chi connectivity index (χ2v) is 5.19. The lowest BCUT2D eigenvalue weighted by Crippen LogP contribution is -2.13. The van der Waals surface area contributed by atoms with E-state index in [1.54, 1.807) is 0 Å². The first kappa shape index (κ1) is 15.0. The van der Waals surface area contributed by atoms with Gasteiger partial charge in [0.25, 0.3) is 0 Å². The van der Waals surface area contributed by atoms with Crippen LogP contribution in [0.2, 0.25) is 5.02 Å². The molecule has 0 bridgehead atoms. The van der Waals surface area contributed by atoms with Gasteiger partial charge in [-0.05, 0) is 31.7 Å². The summed E-state index contributed by atoms with van der Waals surface area (Å²) in [5.41, 5.74) is 2.05. The summed E-state index contributed by atoms with van der Waals surface area (Å²) in [6.07, 6.45) is 1.68. The maximum Gasteiger partial charge on any atom is 0.151 e. The molecule has 0 radical (unpaired) electrons. The Balaban J connectivity index is 2.43. The molecule has 0 spiro atoms. The molecule has 0 aliphatic heterocycles. The summed E-state index contributed by atoms with van der Waals surface area (Å²) >= 11 is 6.39. The fraction of sp³-hybridized carbons (Fsp3) is 0.467. The fourth-order valence-electron chi connectivity index (χ4n) is 2.13. The number of hydrogen-bond donors (Lipinski definition) is 1. The third-order valence-corrected chi connectivity index (χ3v) is 3.81. The van der Waals surface area contributed by atoms with E-state index in [2.05, 4.69) is 36.2 Å². The predicted molar refractivity (Wildman–Crippen MR) is 82.6 cm³/mol. The molecule has 1 atom stereocenters. The molecule has 2 rings (SSSR count). The van der Waals surface area contributed by atoms with Gasteiger partial charge in [0.15, 0.2) is 5.82 Å². The number of nitrogens with zero attached hydrogens (tertiary/aromatic N) is 3. The highest BCUT2D eigenvalue weighted by Gasteiger charge is 2.12. The van der Waals surface area contributed by atoms with Gasteiger partial charge < -0.3 is 5.32 Å². The SMILES string of the molecule is CCc1nc(CC)n(-c2ccc(C(C)NC)c(Cl)c2)n1. The van der Waals surface area contributed by atoms with Crippen LogP contribution in [0.15, 0.2) is 18.2 Å². The smallest absolute Gasteiger partial charge is 0.151 e. The summed E-state index contributed by atoms with van der Waals surface area (Å²) in [6.45, 7) is 6.23. The molecule has 1 aromatic heterocycles. The van der Waals surface area contributed by atoms with Crippen LogP contribution in [0.25, 0.3) is 5.69 Å². The van der Waals surface area contributed by atoms with Gasteiger partial charge in [-0.1, -0.05) is 31.5 Å². The van der Waals surface area contributed by atoms with E-state index in [0.29, 0.717) is 0 Å². The second kappa shape index (κ2) is 6.37. The molecule has 1 heterocycles. The van der Waals surface area contributed by atoms with E-state index in [9.17, 15) is 0 Å². The zero-order chi connectivity index (χ0) is 14.7. The number of halogens is 1. The van der Waals surface area contributed by atoms with Gasteiger partial charge in [0.1, 0.15) is 5.82 Å². The highest BCUT2D eigenvalue weighted by Crippen LogP contribution is 2.25. The van der Waals surface area contributed by atoms with E-state index >= 15 is 0 Å². The van der Waals surface area contributed by atoms with Crippen LogP contribution >= 0.6 is 11.6 Å². The van der Waals surface area contributed by atoms with Crippen molar-refractivity contribution in [2.75, 3.05) is 7.05 Å². The molecular weight excluding hydrogens is 272 g/mol. The van der Waals surface area contributed by atoms with Crippen LogP contribution in [0, 0.1) is 0 Å². The van der Waals surface area contributed by atoms with E-state index in [1.165, 1.54) is 0 Å². The fourth-order valence-corrected chi connectivity index (χ4v) is 2.47. The molecule has 108 valence electrons. The molecule has 20 heavy (non-hydrogen) atoms. The van der Waals surface area contributed by atoms with E-state index in [4.69, 9.17) is 11.6 Å². The van der Waals surface area contributed by atoms with Crippen LogP contribution in [0.5, 0.6) is 0 Å². The summed E-state index contributed by atoms with van der Waals surface area (Å²) in [5.74, 6) is 1.83. The minimum Gasteiger partial charge on any atom is -0.313 e. The summed E-state index contributed by atoms with van der Waals surface area (Å²) in [4.78, 5) is 4.52. The topological polar surface area (TPSA) is 42.7 Å². The Bertz CT molecular complexity index is 592. The van der Waals surface area contributed by atoms with Crippen molar-refractivity contribution in [2.45, 2.75) is 39.7 Å². The first-order valence-corrected chi connectivity index (χ1v) is 7.40. The molecule has 1 unspecified atom stereocenters. The largest absolute Gasteiger partial charge is 0.313 e. The molecule has 0 saturated carbocycles. The number of nitrogens with one attached hydrogen (secondary N) is 1. The third-order valence-electron chi connectivity index (χ3n) is 3.48. The van der Waals surface area contributed by atoms with Gasteiger partial charge in [-0.25, -0.2) is 9.67 Å². The zero-order valence-electron chi connectivity index (χ0n) is 12.4. The minimum absolute atomic E-state index is 0.226. The Kier molecular flexibility index (Phi) is 4.78. The Labute approximate surface area is 125 Å². The second-order valence-electron chi connectivity index (χ2n) is 4.78. The molecule has 0 amide bonds. The number of aromatic nitrogens is 3. The minimum atomic E-state index is 0.226. The molecule has 5 heteroatoms. The average molecular weight is 293 g/mol. The standard InChI is InChI=1S/C15H21ClN4/c1-5-14-18-15(6-2)20(19-14)11-7-8-12(10(3)17-4)13(16)9-11/h7-10,17H,5-6H2,1-4H3. The molecule has 1 aromatic carbocycles. The van der Waals surface area contributed by atoms with Gasteiger partial charge in [0.2, 0.25) is 0 Å². The lowest BCUT2D eigenvalue weighted by Gasteiger charge is -2.14. The van der Waals surface area contributed by atoms with Gasteiger partial charge in [-0.15, -0.1) is 0 Å². The lowest BCUT2D eigenvalue weighted by molar-refractivity contribution is 0.652. The summed E-state index contributed by atoms with van der Waals surface area (Å²) in [7, 11) is 1.93. The Morgan fingerprint density at radius 1 is 1.30 bits per heavy atom. The van der Waals surface area contributed by atoms with Crippen molar-refractivity contribution in [2.24, 2.45) is 0 Å². The molecular formula is C15H21ClN4. The molecule has 2 aromatic rings. The van der Waals surface area contributed by atoms with Crippen LogP contribution in [0.1, 0.15) is 44.0 Å². The average Bonchev–Trinajstić information content (AvgIpc) is 2.89. The summed E-state index contributed by atoms with van der Waals surface area (Å²) in [5, 5.41) is 8.48. The molecule has 0 saturated heterocycles. The predicted octanol–water partition coefficient (Wildman–Crippen LogP) is 3.33. The zero-order valence-corrected chi connectivity index (χ0v) is 13.2. The molecule has 0 aliphatic carbocycles. The summed E-state index contributed by atoms with van der Waals surface area (Å²) in [6, 6.07) is 6.27. The van der Waals surface area contributed by atoms with Crippen LogP contribution in [0.3, 0.4) is 0 Å². The van der Waals surface area contributed by atoms with Gasteiger partial charge in [-0.2, -0.15) is 5.10 Å². The highest BCUT2D eigenvalue weighted by molar-refractivity contribution is 6.31. The Morgan fingerprint density at radius 3 is 2.60 bits per heavy atom. The monoisotopic (exact) mass is 292 g/mol. The van der Waals surface area contributed by atoms with Crippen molar-refractivity contribution in [3.8, 4) is 5.69 Å². The van der Waals surface area contributed by atoms with E-state index in [-0.39, 0.29) is 6.04 Å². The van der Waals surface area contributed by atoms with Gasteiger partial charge in [0, 0.05) is 23.9 Å².